The van der Waals surface area contributed by atoms with Crippen LogP contribution in [0, 0.1) is 15.7 Å². The Labute approximate surface area is 109 Å². The fraction of sp³-hybridized carbons (Fsp3) is 1.00. The molecule has 0 aromatic carbocycles. The molecule has 2 rings (SSSR count). The lowest BCUT2D eigenvalue weighted by molar-refractivity contribution is -0.606. The van der Waals surface area contributed by atoms with E-state index in [0.29, 0.717) is 19.0 Å². The van der Waals surface area contributed by atoms with Crippen molar-refractivity contribution in [3.05, 3.63) is 9.81 Å². The molecular formula is C14H26N2O2+2. The van der Waals surface area contributed by atoms with E-state index in [-0.39, 0.29) is 12.1 Å². The molecule has 2 aliphatic heterocycles. The molecule has 0 saturated carbocycles. The number of rotatable bonds is 4. The molecule has 0 aliphatic carbocycles. The summed E-state index contributed by atoms with van der Waals surface area (Å²) in [5.41, 5.74) is 0. The van der Waals surface area contributed by atoms with E-state index in [1.54, 1.807) is 0 Å². The third kappa shape index (κ3) is 3.36. The van der Waals surface area contributed by atoms with Crippen LogP contribution in [0.3, 0.4) is 0 Å². The highest BCUT2D eigenvalue weighted by molar-refractivity contribution is 4.71. The molecule has 3 unspecified atom stereocenters. The number of nitrogens with zero attached hydrogens (tertiary/aromatic N) is 2. The van der Waals surface area contributed by atoms with Gasteiger partial charge in [-0.25, -0.2) is 0 Å². The first-order chi connectivity index (χ1) is 8.68. The van der Waals surface area contributed by atoms with Crippen LogP contribution < -0.4 is 0 Å². The van der Waals surface area contributed by atoms with Gasteiger partial charge in [0.2, 0.25) is 12.1 Å². The Balaban J connectivity index is 1.78. The molecule has 2 fully saturated rings. The molecule has 4 nitrogen and oxygen atoms in total. The summed E-state index contributed by atoms with van der Waals surface area (Å²) in [6.45, 7) is 3.58. The number of hydrogen-bond acceptors (Lipinski definition) is 2. The van der Waals surface area contributed by atoms with Gasteiger partial charge in [0, 0.05) is 57.4 Å². The van der Waals surface area contributed by atoms with Gasteiger partial charge in [-0.15, -0.1) is 0 Å². The lowest BCUT2D eigenvalue weighted by Gasteiger charge is -2.21. The third-order valence-electron chi connectivity index (χ3n) is 4.68. The van der Waals surface area contributed by atoms with Crippen LogP contribution >= 0.6 is 0 Å². The molecule has 18 heavy (non-hydrogen) atoms. The average Bonchev–Trinajstić information content (AvgIpc) is 2.38. The molecule has 0 N–H and O–H groups in total. The second-order valence-corrected chi connectivity index (χ2v) is 6.05. The topological polar surface area (TPSA) is 40.2 Å². The Kier molecular flexibility index (Phi) is 4.84. The van der Waals surface area contributed by atoms with Crippen LogP contribution in [-0.2, 0) is 0 Å². The molecule has 0 aromatic heterocycles. The molecule has 2 heterocycles. The first kappa shape index (κ1) is 13.6. The van der Waals surface area contributed by atoms with Crippen molar-refractivity contribution in [3.63, 3.8) is 0 Å². The molecule has 2 aliphatic rings. The Morgan fingerprint density at radius 3 is 2.33 bits per heavy atom. The lowest BCUT2D eigenvalue weighted by Crippen LogP contribution is -2.36. The third-order valence-corrected chi connectivity index (χ3v) is 4.68. The van der Waals surface area contributed by atoms with Crippen molar-refractivity contribution in [3.8, 4) is 0 Å². The molecular weight excluding hydrogens is 228 g/mol. The fourth-order valence-electron chi connectivity index (χ4n) is 3.41. The smallest absolute Gasteiger partial charge is 0.0560 e. The zero-order chi connectivity index (χ0) is 13.0. The highest BCUT2D eigenvalue weighted by Gasteiger charge is 2.36. The predicted molar refractivity (Wildman–Crippen MR) is 70.7 cm³/mol. The maximum absolute atomic E-state index is 11.8. The van der Waals surface area contributed by atoms with E-state index in [0.717, 1.165) is 38.5 Å². The largest absolute Gasteiger partial charge is 0.203 e. The highest BCUT2D eigenvalue weighted by Crippen LogP contribution is 2.25. The van der Waals surface area contributed by atoms with Gasteiger partial charge >= 0.3 is 0 Å². The van der Waals surface area contributed by atoms with E-state index in [4.69, 9.17) is 0 Å². The van der Waals surface area contributed by atoms with E-state index >= 15 is 0 Å². The van der Waals surface area contributed by atoms with E-state index in [9.17, 15) is 9.81 Å². The molecule has 3 atom stereocenters. The molecule has 2 saturated heterocycles. The minimum atomic E-state index is 0.197. The summed E-state index contributed by atoms with van der Waals surface area (Å²) >= 11 is 0. The summed E-state index contributed by atoms with van der Waals surface area (Å²) in [5, 5.41) is 0. The van der Waals surface area contributed by atoms with Gasteiger partial charge in [-0.1, -0.05) is 6.92 Å². The highest BCUT2D eigenvalue weighted by atomic mass is 16.3. The summed E-state index contributed by atoms with van der Waals surface area (Å²) < 4.78 is 2.55. The molecule has 4 heteroatoms. The van der Waals surface area contributed by atoms with Gasteiger partial charge in [-0.2, -0.15) is 0 Å². The van der Waals surface area contributed by atoms with Crippen LogP contribution in [0.4, 0.5) is 0 Å². The first-order valence-electron chi connectivity index (χ1n) is 7.56. The Morgan fingerprint density at radius 1 is 1.00 bits per heavy atom. The molecule has 102 valence electrons. The van der Waals surface area contributed by atoms with Crippen molar-refractivity contribution in [2.45, 2.75) is 70.4 Å². The van der Waals surface area contributed by atoms with Crippen molar-refractivity contribution in [1.82, 2.24) is 0 Å². The second kappa shape index (κ2) is 6.39. The van der Waals surface area contributed by atoms with Crippen LogP contribution in [-0.4, -0.2) is 34.7 Å². The van der Waals surface area contributed by atoms with Gasteiger partial charge in [0.15, 0.2) is 13.1 Å². The van der Waals surface area contributed by atoms with E-state index in [1.165, 1.54) is 22.4 Å². The lowest BCUT2D eigenvalue weighted by atomic mass is 9.87. The quantitative estimate of drug-likeness (QED) is 0.723. The van der Waals surface area contributed by atoms with Gasteiger partial charge in [0.1, 0.15) is 0 Å². The van der Waals surface area contributed by atoms with E-state index < -0.39 is 0 Å². The van der Waals surface area contributed by atoms with E-state index in [1.807, 2.05) is 0 Å². The monoisotopic (exact) mass is 254 g/mol. The van der Waals surface area contributed by atoms with Gasteiger partial charge in [0.25, 0.3) is 0 Å². The molecule has 0 radical (unpaired) electrons. The fourth-order valence-corrected chi connectivity index (χ4v) is 3.41. The molecule has 0 spiro atoms. The van der Waals surface area contributed by atoms with Crippen molar-refractivity contribution in [2.24, 2.45) is 5.92 Å². The minimum absolute atomic E-state index is 0.197. The Hall–Kier alpha value is -0.800. The molecule has 0 aromatic rings. The van der Waals surface area contributed by atoms with Crippen molar-refractivity contribution >= 4 is 0 Å². The summed E-state index contributed by atoms with van der Waals surface area (Å²) in [4.78, 5) is 23.5. The summed E-state index contributed by atoms with van der Waals surface area (Å²) in [5.74, 6) is 0.429. The van der Waals surface area contributed by atoms with Gasteiger partial charge in [0.05, 0.1) is 0 Å². The second-order valence-electron chi connectivity index (χ2n) is 6.05. The maximum Gasteiger partial charge on any atom is 0.203 e. The molecule has 0 bridgehead atoms. The normalized spacial score (nSPS) is 31.4. The Morgan fingerprint density at radius 2 is 1.67 bits per heavy atom. The van der Waals surface area contributed by atoms with Crippen LogP contribution in [0.5, 0.6) is 0 Å². The van der Waals surface area contributed by atoms with Crippen LogP contribution in [0.2, 0.25) is 0 Å². The van der Waals surface area contributed by atoms with Crippen LogP contribution in [0.25, 0.3) is 0 Å². The van der Waals surface area contributed by atoms with Crippen molar-refractivity contribution in [1.29, 1.82) is 0 Å². The van der Waals surface area contributed by atoms with Gasteiger partial charge in [-0.3, -0.25) is 0 Å². The Bertz CT molecular complexity index is 317. The van der Waals surface area contributed by atoms with Gasteiger partial charge < -0.3 is 0 Å². The zero-order valence-electron chi connectivity index (χ0n) is 11.5. The standard InChI is InChI=1S/C14H26N2O2/c1-12(14-7-3-5-11-16(14)18)8-9-13-6-2-4-10-15(13)17/h12-14H,2-11H2,1H3/q+2. The SMILES string of the molecule is CC(CCC1CCCC[N+]1=O)C1CCCC[N+]1=O. The maximum atomic E-state index is 11.8. The minimum Gasteiger partial charge on any atom is -0.0560 e. The van der Waals surface area contributed by atoms with Crippen molar-refractivity contribution in [2.75, 3.05) is 13.1 Å². The van der Waals surface area contributed by atoms with Gasteiger partial charge in [-0.05, 0) is 19.3 Å². The summed E-state index contributed by atoms with van der Waals surface area (Å²) in [6, 6.07) is 0.410. The van der Waals surface area contributed by atoms with E-state index in [2.05, 4.69) is 6.92 Å². The average molecular weight is 254 g/mol. The zero-order valence-corrected chi connectivity index (χ0v) is 11.5. The summed E-state index contributed by atoms with van der Waals surface area (Å²) in [6.07, 6.45) is 8.54. The molecule has 0 amide bonds. The number of piperidine rings is 2. The van der Waals surface area contributed by atoms with Crippen molar-refractivity contribution < 1.29 is 9.52 Å². The number of hydrogen-bond donors (Lipinski definition) is 0. The number of nitroso groups, excluding NO2 is 2. The van der Waals surface area contributed by atoms with Crippen LogP contribution in [0.15, 0.2) is 0 Å². The van der Waals surface area contributed by atoms with Crippen LogP contribution in [0.1, 0.15) is 58.3 Å². The predicted octanol–water partition coefficient (Wildman–Crippen LogP) is 3.07. The summed E-state index contributed by atoms with van der Waals surface area (Å²) in [7, 11) is 0. The first-order valence-corrected chi connectivity index (χ1v) is 7.56.